The van der Waals surface area contributed by atoms with Crippen molar-refractivity contribution >= 4 is 23.4 Å². The van der Waals surface area contributed by atoms with Crippen LogP contribution in [0.25, 0.3) is 0 Å². The van der Waals surface area contributed by atoms with Crippen molar-refractivity contribution in [3.63, 3.8) is 0 Å². The molecule has 1 saturated heterocycles. The third kappa shape index (κ3) is 3.14. The summed E-state index contributed by atoms with van der Waals surface area (Å²) in [5, 5.41) is 2.25. The van der Waals surface area contributed by atoms with E-state index in [0.717, 1.165) is 5.56 Å². The Morgan fingerprint density at radius 3 is 2.60 bits per heavy atom. The number of nitrogens with two attached hydrogens (primary N) is 1. The van der Waals surface area contributed by atoms with Crippen molar-refractivity contribution in [1.29, 1.82) is 0 Å². The minimum absolute atomic E-state index is 0.163. The molecule has 106 valence electrons. The van der Waals surface area contributed by atoms with Gasteiger partial charge in [0.05, 0.1) is 6.42 Å². The van der Waals surface area contributed by atoms with Crippen LogP contribution in [0.4, 0.5) is 5.69 Å². The lowest BCUT2D eigenvalue weighted by molar-refractivity contribution is -0.144. The highest BCUT2D eigenvalue weighted by Gasteiger charge is 2.31. The highest BCUT2D eigenvalue weighted by atomic mass is 16.2. The molecule has 0 aliphatic carbocycles. The molecule has 1 unspecified atom stereocenters. The molecule has 0 spiro atoms. The van der Waals surface area contributed by atoms with E-state index >= 15 is 0 Å². The molecule has 3 N–H and O–H groups in total. The first-order valence-electron chi connectivity index (χ1n) is 6.41. The van der Waals surface area contributed by atoms with Crippen LogP contribution in [-0.4, -0.2) is 35.7 Å². The Hall–Kier alpha value is -2.37. The molecule has 20 heavy (non-hydrogen) atoms. The molecule has 0 bridgehead atoms. The van der Waals surface area contributed by atoms with Crippen molar-refractivity contribution in [2.24, 2.45) is 0 Å². The maximum absolute atomic E-state index is 12.2. The minimum Gasteiger partial charge on any atom is -0.399 e. The highest BCUT2D eigenvalue weighted by Crippen LogP contribution is 2.13. The lowest BCUT2D eigenvalue weighted by Gasteiger charge is -2.29. The van der Waals surface area contributed by atoms with E-state index in [-0.39, 0.29) is 24.7 Å². The van der Waals surface area contributed by atoms with E-state index in [9.17, 15) is 14.4 Å². The third-order valence-corrected chi connectivity index (χ3v) is 3.41. The molecule has 1 aliphatic heterocycles. The zero-order valence-corrected chi connectivity index (χ0v) is 11.3. The lowest BCUT2D eigenvalue weighted by atomic mass is 10.0. The van der Waals surface area contributed by atoms with Gasteiger partial charge in [0.15, 0.2) is 0 Å². The maximum atomic E-state index is 12.2. The molecular weight excluding hydrogens is 258 g/mol. The summed E-state index contributed by atoms with van der Waals surface area (Å²) in [6, 6.07) is 6.45. The van der Waals surface area contributed by atoms with E-state index < -0.39 is 11.9 Å². The number of hydrogen-bond acceptors (Lipinski definition) is 4. The molecule has 1 fully saturated rings. The molecule has 3 amide bonds. The first kappa shape index (κ1) is 14.0. The Labute approximate surface area is 116 Å². The third-order valence-electron chi connectivity index (χ3n) is 3.41. The largest absolute Gasteiger partial charge is 0.399 e. The van der Waals surface area contributed by atoms with Crippen LogP contribution in [-0.2, 0) is 20.8 Å². The molecule has 1 atom stereocenters. The summed E-state index contributed by atoms with van der Waals surface area (Å²) in [6.45, 7) is 0. The van der Waals surface area contributed by atoms with Crippen LogP contribution in [0.5, 0.6) is 0 Å². The van der Waals surface area contributed by atoms with Crippen LogP contribution >= 0.6 is 0 Å². The Kier molecular flexibility index (Phi) is 4.02. The first-order valence-corrected chi connectivity index (χ1v) is 6.41. The molecule has 6 nitrogen and oxygen atoms in total. The van der Waals surface area contributed by atoms with Crippen LogP contribution in [0.1, 0.15) is 18.4 Å². The minimum atomic E-state index is -0.575. The molecule has 2 rings (SSSR count). The highest BCUT2D eigenvalue weighted by molar-refractivity contribution is 6.01. The van der Waals surface area contributed by atoms with E-state index in [4.69, 9.17) is 5.73 Å². The van der Waals surface area contributed by atoms with E-state index in [1.54, 1.807) is 31.3 Å². The van der Waals surface area contributed by atoms with Gasteiger partial charge in [0.25, 0.3) is 0 Å². The van der Waals surface area contributed by atoms with E-state index in [1.165, 1.54) is 4.90 Å². The maximum Gasteiger partial charge on any atom is 0.249 e. The van der Waals surface area contributed by atoms with Gasteiger partial charge in [0.2, 0.25) is 17.7 Å². The molecular formula is C14H17N3O3. The average Bonchev–Trinajstić information content (AvgIpc) is 2.40. The van der Waals surface area contributed by atoms with Gasteiger partial charge in [-0.05, 0) is 24.1 Å². The monoisotopic (exact) mass is 275 g/mol. The molecule has 1 aromatic rings. The summed E-state index contributed by atoms with van der Waals surface area (Å²) in [6.07, 6.45) is 0.832. The second-order valence-electron chi connectivity index (χ2n) is 4.89. The quantitative estimate of drug-likeness (QED) is 0.603. The van der Waals surface area contributed by atoms with Crippen LogP contribution in [0.15, 0.2) is 24.3 Å². The Bertz CT molecular complexity index is 539. The smallest absolute Gasteiger partial charge is 0.249 e. The fraction of sp³-hybridized carbons (Fsp3) is 0.357. The summed E-state index contributed by atoms with van der Waals surface area (Å²) >= 11 is 0. The number of anilines is 1. The number of benzene rings is 1. The molecule has 0 radical (unpaired) electrons. The average molecular weight is 275 g/mol. The second-order valence-corrected chi connectivity index (χ2v) is 4.89. The summed E-state index contributed by atoms with van der Waals surface area (Å²) in [4.78, 5) is 36.3. The molecule has 0 aromatic heterocycles. The Morgan fingerprint density at radius 2 is 2.00 bits per heavy atom. The lowest BCUT2D eigenvalue weighted by Crippen LogP contribution is -2.53. The van der Waals surface area contributed by atoms with Gasteiger partial charge in [0.1, 0.15) is 6.04 Å². The molecule has 0 saturated carbocycles. The normalized spacial score (nSPS) is 18.6. The van der Waals surface area contributed by atoms with Gasteiger partial charge in [-0.1, -0.05) is 12.1 Å². The van der Waals surface area contributed by atoms with Gasteiger partial charge in [0, 0.05) is 19.2 Å². The van der Waals surface area contributed by atoms with Crippen molar-refractivity contribution in [3.05, 3.63) is 29.8 Å². The summed E-state index contributed by atoms with van der Waals surface area (Å²) in [5.41, 5.74) is 7.06. The van der Waals surface area contributed by atoms with Gasteiger partial charge in [-0.2, -0.15) is 0 Å². The summed E-state index contributed by atoms with van der Waals surface area (Å²) < 4.78 is 0. The number of piperidine rings is 1. The standard InChI is InChI=1S/C14H17N3O3/c1-17(11-6-7-12(18)16-14(11)20)13(19)8-9-2-4-10(15)5-3-9/h2-5,11H,6-8,15H2,1H3,(H,16,18,20). The summed E-state index contributed by atoms with van der Waals surface area (Å²) in [7, 11) is 1.58. The molecule has 6 heteroatoms. The number of nitrogens with one attached hydrogen (secondary N) is 1. The number of likely N-dealkylation sites (N-methyl/N-ethyl adjacent to an activating group) is 1. The fourth-order valence-electron chi connectivity index (χ4n) is 2.16. The predicted molar refractivity (Wildman–Crippen MR) is 73.5 cm³/mol. The van der Waals surface area contributed by atoms with Crippen LogP contribution < -0.4 is 11.1 Å². The number of rotatable bonds is 3. The Morgan fingerprint density at radius 1 is 1.35 bits per heavy atom. The number of amides is 3. The van der Waals surface area contributed by atoms with Crippen molar-refractivity contribution < 1.29 is 14.4 Å². The Balaban J connectivity index is 1.99. The summed E-state index contributed by atoms with van der Waals surface area (Å²) in [5.74, 6) is -0.857. The van der Waals surface area contributed by atoms with Crippen molar-refractivity contribution in [1.82, 2.24) is 10.2 Å². The van der Waals surface area contributed by atoms with Gasteiger partial charge >= 0.3 is 0 Å². The molecule has 1 heterocycles. The predicted octanol–water partition coefficient (Wildman–Crippen LogP) is 0.0749. The molecule has 1 aliphatic rings. The molecule has 1 aromatic carbocycles. The SMILES string of the molecule is CN(C(=O)Cc1ccc(N)cc1)C1CCC(=O)NC1=O. The van der Waals surface area contributed by atoms with Crippen LogP contribution in [0, 0.1) is 0 Å². The number of nitrogens with zero attached hydrogens (tertiary/aromatic N) is 1. The van der Waals surface area contributed by atoms with E-state index in [0.29, 0.717) is 12.1 Å². The number of imide groups is 1. The number of hydrogen-bond donors (Lipinski definition) is 2. The fourth-order valence-corrected chi connectivity index (χ4v) is 2.16. The first-order chi connectivity index (χ1) is 9.47. The number of carbonyl (C=O) groups is 3. The van der Waals surface area contributed by atoms with Gasteiger partial charge in [-0.3, -0.25) is 19.7 Å². The van der Waals surface area contributed by atoms with E-state index in [2.05, 4.69) is 5.32 Å². The zero-order valence-electron chi connectivity index (χ0n) is 11.3. The van der Waals surface area contributed by atoms with Crippen LogP contribution in [0.2, 0.25) is 0 Å². The van der Waals surface area contributed by atoms with E-state index in [1.807, 2.05) is 0 Å². The van der Waals surface area contributed by atoms with Gasteiger partial charge in [-0.15, -0.1) is 0 Å². The van der Waals surface area contributed by atoms with Crippen LogP contribution in [0.3, 0.4) is 0 Å². The number of carbonyl (C=O) groups excluding carboxylic acids is 3. The zero-order chi connectivity index (χ0) is 14.7. The topological polar surface area (TPSA) is 92.5 Å². The van der Waals surface area contributed by atoms with Crippen molar-refractivity contribution in [2.75, 3.05) is 12.8 Å². The van der Waals surface area contributed by atoms with Gasteiger partial charge in [-0.25, -0.2) is 0 Å². The van der Waals surface area contributed by atoms with Crippen molar-refractivity contribution in [3.8, 4) is 0 Å². The van der Waals surface area contributed by atoms with Gasteiger partial charge < -0.3 is 10.6 Å². The second kappa shape index (κ2) is 5.73. The van der Waals surface area contributed by atoms with Crippen molar-refractivity contribution in [2.45, 2.75) is 25.3 Å². The number of nitrogen functional groups attached to an aromatic ring is 1.